The lowest BCUT2D eigenvalue weighted by molar-refractivity contribution is 0.333. The smallest absolute Gasteiger partial charge is 0.119 e. The van der Waals surface area contributed by atoms with Crippen LogP contribution in [-0.4, -0.2) is 18.1 Å². The maximum absolute atomic E-state index is 9.44. The summed E-state index contributed by atoms with van der Waals surface area (Å²) in [6, 6.07) is 27.5. The average Bonchev–Trinajstić information content (AvgIpc) is 2.85. The molecular weight excluding hydrogens is 432 g/mol. The third-order valence-electron chi connectivity index (χ3n) is 5.04. The number of hydrogen-bond donors (Lipinski definition) is 2. The predicted molar refractivity (Wildman–Crippen MR) is 135 cm³/mol. The third kappa shape index (κ3) is 6.25. The van der Waals surface area contributed by atoms with Crippen molar-refractivity contribution in [3.05, 3.63) is 107 Å². The molecule has 0 aliphatic carbocycles. The van der Waals surface area contributed by atoms with Crippen LogP contribution in [0.25, 0.3) is 10.9 Å². The summed E-state index contributed by atoms with van der Waals surface area (Å²) in [6.07, 6.45) is 4.07. The Morgan fingerprint density at radius 2 is 1.85 bits per heavy atom. The van der Waals surface area contributed by atoms with Crippen molar-refractivity contribution in [2.45, 2.75) is 6.42 Å². The van der Waals surface area contributed by atoms with Crippen LogP contribution in [0.2, 0.25) is 5.02 Å². The van der Waals surface area contributed by atoms with Crippen molar-refractivity contribution in [1.82, 2.24) is 4.98 Å². The third-order valence-corrected chi connectivity index (χ3v) is 5.27. The van der Waals surface area contributed by atoms with E-state index >= 15 is 0 Å². The Hall–Kier alpha value is -4.01. The molecule has 0 unspecified atom stereocenters. The van der Waals surface area contributed by atoms with E-state index in [-0.39, 0.29) is 0 Å². The number of nitrogens with one attached hydrogen (secondary N) is 2. The summed E-state index contributed by atoms with van der Waals surface area (Å²) in [5.41, 5.74) is 4.50. The van der Waals surface area contributed by atoms with Crippen LogP contribution in [-0.2, 0) is 6.42 Å². The van der Waals surface area contributed by atoms with Crippen LogP contribution >= 0.6 is 11.6 Å². The first-order chi connectivity index (χ1) is 16.2. The summed E-state index contributed by atoms with van der Waals surface area (Å²) in [5.74, 6) is 0.789. The van der Waals surface area contributed by atoms with Crippen molar-refractivity contribution in [2.75, 3.05) is 23.8 Å². The molecule has 0 atom stereocenters. The van der Waals surface area contributed by atoms with Crippen LogP contribution in [0.5, 0.6) is 5.75 Å². The van der Waals surface area contributed by atoms with Gasteiger partial charge in [-0.15, -0.1) is 0 Å². The molecule has 0 radical (unpaired) electrons. The van der Waals surface area contributed by atoms with Gasteiger partial charge < -0.3 is 15.4 Å². The van der Waals surface area contributed by atoms with Crippen LogP contribution in [0.1, 0.15) is 5.56 Å². The number of aromatic nitrogens is 1. The molecule has 0 fully saturated rings. The monoisotopic (exact) mass is 454 g/mol. The standard InChI is InChI=1S/C27H23ClN4O/c28-22-8-11-25-26(12-13-30-27(25)17-22)31-14-15-33-24-9-6-20(7-10-24)16-21(18-29)19-32-23-4-2-1-3-5-23/h1-13,17,19,32H,14-16H2,(H,30,31). The zero-order chi connectivity index (χ0) is 22.9. The molecule has 0 saturated carbocycles. The topological polar surface area (TPSA) is 70.0 Å². The second-order valence-corrected chi connectivity index (χ2v) is 7.84. The number of pyridine rings is 1. The Morgan fingerprint density at radius 3 is 2.64 bits per heavy atom. The molecule has 4 aromatic rings. The summed E-state index contributed by atoms with van der Waals surface area (Å²) >= 11 is 6.05. The summed E-state index contributed by atoms with van der Waals surface area (Å²) in [5, 5.41) is 17.7. The fraction of sp³-hybridized carbons (Fsp3) is 0.111. The minimum Gasteiger partial charge on any atom is -0.492 e. The molecule has 33 heavy (non-hydrogen) atoms. The van der Waals surface area contributed by atoms with Gasteiger partial charge in [-0.25, -0.2) is 0 Å². The highest BCUT2D eigenvalue weighted by Gasteiger charge is 2.03. The number of ether oxygens (including phenoxy) is 1. The highest BCUT2D eigenvalue weighted by atomic mass is 35.5. The SMILES string of the molecule is N#CC(=CNc1ccccc1)Cc1ccc(OCCNc2ccnc3cc(Cl)ccc23)cc1. The highest BCUT2D eigenvalue weighted by molar-refractivity contribution is 6.31. The van der Waals surface area contributed by atoms with Gasteiger partial charge in [0, 0.05) is 52.7 Å². The van der Waals surface area contributed by atoms with Gasteiger partial charge >= 0.3 is 0 Å². The van der Waals surface area contributed by atoms with Crippen LogP contribution in [0.4, 0.5) is 11.4 Å². The van der Waals surface area contributed by atoms with Gasteiger partial charge in [0.15, 0.2) is 0 Å². The van der Waals surface area contributed by atoms with E-state index in [1.165, 1.54) is 0 Å². The fourth-order valence-electron chi connectivity index (χ4n) is 3.38. The van der Waals surface area contributed by atoms with E-state index in [2.05, 4.69) is 21.7 Å². The first-order valence-electron chi connectivity index (χ1n) is 10.6. The van der Waals surface area contributed by atoms with Gasteiger partial charge in [-0.2, -0.15) is 5.26 Å². The number of halogens is 1. The first kappa shape index (κ1) is 22.2. The van der Waals surface area contributed by atoms with E-state index in [0.29, 0.717) is 30.2 Å². The minimum atomic E-state index is 0.515. The number of hydrogen-bond acceptors (Lipinski definition) is 5. The van der Waals surface area contributed by atoms with Gasteiger partial charge in [0.2, 0.25) is 0 Å². The number of para-hydroxylation sites is 1. The minimum absolute atomic E-state index is 0.515. The summed E-state index contributed by atoms with van der Waals surface area (Å²) < 4.78 is 5.86. The van der Waals surface area contributed by atoms with Crippen molar-refractivity contribution in [1.29, 1.82) is 5.26 Å². The molecule has 5 nitrogen and oxygen atoms in total. The molecule has 0 saturated heterocycles. The van der Waals surface area contributed by atoms with Crippen molar-refractivity contribution in [3.8, 4) is 11.8 Å². The van der Waals surface area contributed by atoms with Gasteiger partial charge in [-0.1, -0.05) is 41.9 Å². The van der Waals surface area contributed by atoms with Crippen LogP contribution < -0.4 is 15.4 Å². The lowest BCUT2D eigenvalue weighted by atomic mass is 10.1. The van der Waals surface area contributed by atoms with Crippen molar-refractivity contribution < 1.29 is 4.74 Å². The lowest BCUT2D eigenvalue weighted by Gasteiger charge is -2.11. The Bertz CT molecular complexity index is 1280. The summed E-state index contributed by atoms with van der Waals surface area (Å²) in [4.78, 5) is 4.36. The first-order valence-corrected chi connectivity index (χ1v) is 11.0. The average molecular weight is 455 g/mol. The number of nitriles is 1. The Morgan fingerprint density at radius 1 is 1.03 bits per heavy atom. The molecule has 164 valence electrons. The quantitative estimate of drug-likeness (QED) is 0.225. The molecule has 1 aromatic heterocycles. The Kier molecular flexibility index (Phi) is 7.42. The predicted octanol–water partition coefficient (Wildman–Crippen LogP) is 6.44. The number of rotatable bonds is 9. The number of allylic oxidation sites excluding steroid dienone is 1. The normalized spacial score (nSPS) is 11.1. The van der Waals surface area contributed by atoms with E-state index in [1.54, 1.807) is 12.4 Å². The number of anilines is 2. The van der Waals surface area contributed by atoms with Crippen molar-refractivity contribution in [3.63, 3.8) is 0 Å². The van der Waals surface area contributed by atoms with Gasteiger partial charge in [0.05, 0.1) is 11.6 Å². The molecule has 1 heterocycles. The second kappa shape index (κ2) is 11.0. The fourth-order valence-corrected chi connectivity index (χ4v) is 3.55. The van der Waals surface area contributed by atoms with Crippen molar-refractivity contribution >= 4 is 33.9 Å². The van der Waals surface area contributed by atoms with E-state index in [9.17, 15) is 5.26 Å². The van der Waals surface area contributed by atoms with Crippen LogP contribution in [0.15, 0.2) is 96.8 Å². The van der Waals surface area contributed by atoms with Crippen LogP contribution in [0.3, 0.4) is 0 Å². The molecule has 4 rings (SSSR count). The highest BCUT2D eigenvalue weighted by Crippen LogP contribution is 2.24. The van der Waals surface area contributed by atoms with E-state index in [1.807, 2.05) is 78.9 Å². The molecule has 0 aliphatic heterocycles. The summed E-state index contributed by atoms with van der Waals surface area (Å²) in [7, 11) is 0. The number of benzene rings is 3. The van der Waals surface area contributed by atoms with Gasteiger partial charge in [0.1, 0.15) is 12.4 Å². The maximum atomic E-state index is 9.44. The number of fused-ring (bicyclic) bond motifs is 1. The molecule has 0 bridgehead atoms. The van der Waals surface area contributed by atoms with Crippen molar-refractivity contribution in [2.24, 2.45) is 0 Å². The lowest BCUT2D eigenvalue weighted by Crippen LogP contribution is -2.11. The van der Waals surface area contributed by atoms with E-state index < -0.39 is 0 Å². The molecule has 0 aliphatic rings. The van der Waals surface area contributed by atoms with Gasteiger partial charge in [0.25, 0.3) is 0 Å². The van der Waals surface area contributed by atoms with Gasteiger partial charge in [-0.05, 0) is 54.1 Å². The molecule has 6 heteroatoms. The van der Waals surface area contributed by atoms with E-state index in [0.717, 1.165) is 33.6 Å². The largest absolute Gasteiger partial charge is 0.492 e. The molecule has 0 spiro atoms. The number of nitrogens with zero attached hydrogens (tertiary/aromatic N) is 2. The molecule has 0 amide bonds. The molecular formula is C27H23ClN4O. The maximum Gasteiger partial charge on any atom is 0.119 e. The molecule has 3 aromatic carbocycles. The second-order valence-electron chi connectivity index (χ2n) is 7.41. The Balaban J connectivity index is 1.27. The van der Waals surface area contributed by atoms with E-state index in [4.69, 9.17) is 16.3 Å². The zero-order valence-electron chi connectivity index (χ0n) is 18.0. The van der Waals surface area contributed by atoms with Gasteiger partial charge in [-0.3, -0.25) is 4.98 Å². The summed E-state index contributed by atoms with van der Waals surface area (Å²) in [6.45, 7) is 1.16. The zero-order valence-corrected chi connectivity index (χ0v) is 18.7. The van der Waals surface area contributed by atoms with Crippen LogP contribution in [0, 0.1) is 11.3 Å². The Labute approximate surface area is 198 Å². The molecule has 2 N–H and O–H groups in total.